The zero-order chi connectivity index (χ0) is 18.4. The fourth-order valence-corrected chi connectivity index (χ4v) is 5.23. The monoisotopic (exact) mass is 376 g/mol. The lowest BCUT2D eigenvalue weighted by atomic mass is 9.78. The molecule has 0 aromatic rings. The molecule has 4 heterocycles. The number of fused-ring (bicyclic) bond motifs is 3. The number of epoxide rings is 1. The van der Waals surface area contributed by atoms with E-state index >= 15 is 0 Å². The molecule has 0 radical (unpaired) electrons. The number of hydrogen-bond donors (Lipinski definition) is 5. The molecule has 5 aliphatic rings. The van der Waals surface area contributed by atoms with Crippen LogP contribution in [0.3, 0.4) is 0 Å². The van der Waals surface area contributed by atoms with Gasteiger partial charge in [0.1, 0.15) is 36.1 Å². The van der Waals surface area contributed by atoms with Crippen molar-refractivity contribution in [2.45, 2.75) is 68.0 Å². The highest BCUT2D eigenvalue weighted by atomic mass is 16.8. The third-order valence-electron chi connectivity index (χ3n) is 6.67. The van der Waals surface area contributed by atoms with E-state index in [0.717, 1.165) is 0 Å². The standard InChI is InChI=1S/C16H24O10/c1-16-7-6-4(3-22-11(6)12(16)26-16)14(24-13(7)21)25-15-10(20)9(19)8(18)5(2-17)23-15/h4-15,17-21H,2-3H2,1H3. The van der Waals surface area contributed by atoms with Crippen molar-refractivity contribution in [3.63, 3.8) is 0 Å². The molecule has 0 bridgehead atoms. The van der Waals surface area contributed by atoms with Crippen molar-refractivity contribution in [2.24, 2.45) is 17.8 Å². The van der Waals surface area contributed by atoms with Gasteiger partial charge in [0, 0.05) is 17.8 Å². The average Bonchev–Trinajstić information content (AvgIpc) is 2.99. The summed E-state index contributed by atoms with van der Waals surface area (Å²) >= 11 is 0. The molecule has 10 nitrogen and oxygen atoms in total. The van der Waals surface area contributed by atoms with Crippen LogP contribution in [0.2, 0.25) is 0 Å². The van der Waals surface area contributed by atoms with Gasteiger partial charge < -0.3 is 49.2 Å². The van der Waals surface area contributed by atoms with Crippen LogP contribution in [0.1, 0.15) is 6.92 Å². The summed E-state index contributed by atoms with van der Waals surface area (Å²) in [5.41, 5.74) is -0.457. The Morgan fingerprint density at radius 3 is 2.54 bits per heavy atom. The lowest BCUT2D eigenvalue weighted by molar-refractivity contribution is -0.379. The smallest absolute Gasteiger partial charge is 0.189 e. The number of rotatable bonds is 3. The fraction of sp³-hybridized carbons (Fsp3) is 1.00. The van der Waals surface area contributed by atoms with Gasteiger partial charge in [-0.25, -0.2) is 0 Å². The molecule has 13 unspecified atom stereocenters. The largest absolute Gasteiger partial charge is 0.394 e. The molecule has 5 fully saturated rings. The molecule has 1 aliphatic carbocycles. The van der Waals surface area contributed by atoms with Gasteiger partial charge in [-0.15, -0.1) is 0 Å². The number of aliphatic hydroxyl groups excluding tert-OH is 5. The highest BCUT2D eigenvalue weighted by Gasteiger charge is 2.78. The number of hydrogen-bond acceptors (Lipinski definition) is 10. The summed E-state index contributed by atoms with van der Waals surface area (Å²) in [5.74, 6) is -0.411. The Kier molecular flexibility index (Phi) is 3.94. The summed E-state index contributed by atoms with van der Waals surface area (Å²) in [6, 6.07) is 0. The third-order valence-corrected chi connectivity index (χ3v) is 6.67. The van der Waals surface area contributed by atoms with Crippen LogP contribution in [-0.2, 0) is 23.7 Å². The van der Waals surface area contributed by atoms with Crippen LogP contribution in [0.4, 0.5) is 0 Å². The lowest BCUT2D eigenvalue weighted by Gasteiger charge is -2.45. The molecule has 1 saturated carbocycles. The summed E-state index contributed by atoms with van der Waals surface area (Å²) in [7, 11) is 0. The third kappa shape index (κ3) is 2.23. The Morgan fingerprint density at radius 1 is 1.04 bits per heavy atom. The summed E-state index contributed by atoms with van der Waals surface area (Å²) in [4.78, 5) is 0. The van der Waals surface area contributed by atoms with E-state index in [2.05, 4.69) is 0 Å². The van der Waals surface area contributed by atoms with Gasteiger partial charge in [-0.1, -0.05) is 0 Å². The highest BCUT2D eigenvalue weighted by molar-refractivity contribution is 5.22. The molecule has 10 heteroatoms. The maximum absolute atomic E-state index is 10.5. The first-order valence-electron chi connectivity index (χ1n) is 8.95. The van der Waals surface area contributed by atoms with E-state index in [9.17, 15) is 25.5 Å². The molecule has 13 atom stereocenters. The molecule has 4 aliphatic heterocycles. The minimum atomic E-state index is -1.54. The average molecular weight is 376 g/mol. The van der Waals surface area contributed by atoms with Crippen molar-refractivity contribution in [1.29, 1.82) is 0 Å². The second-order valence-corrected chi connectivity index (χ2v) is 8.02. The van der Waals surface area contributed by atoms with Crippen molar-refractivity contribution in [1.82, 2.24) is 0 Å². The molecular formula is C16H24O10. The quantitative estimate of drug-likeness (QED) is 0.320. The molecule has 4 saturated heterocycles. The van der Waals surface area contributed by atoms with Crippen molar-refractivity contribution in [3.8, 4) is 0 Å². The van der Waals surface area contributed by atoms with Crippen LogP contribution in [0.15, 0.2) is 0 Å². The van der Waals surface area contributed by atoms with Crippen LogP contribution in [-0.4, -0.2) is 99.8 Å². The van der Waals surface area contributed by atoms with Crippen LogP contribution < -0.4 is 0 Å². The fourth-order valence-electron chi connectivity index (χ4n) is 5.23. The second kappa shape index (κ2) is 5.80. The minimum Gasteiger partial charge on any atom is -0.394 e. The SMILES string of the molecule is CC12OC1C1OCC3C(OC4OC(CO)C(O)C(O)C4O)OC(O)C2C31. The summed E-state index contributed by atoms with van der Waals surface area (Å²) in [6.45, 7) is 1.75. The predicted octanol–water partition coefficient (Wildman–Crippen LogP) is -3.10. The highest BCUT2D eigenvalue weighted by Crippen LogP contribution is 2.64. The number of aliphatic hydroxyl groups is 5. The van der Waals surface area contributed by atoms with E-state index in [1.807, 2.05) is 6.92 Å². The molecule has 5 rings (SSSR count). The van der Waals surface area contributed by atoms with Gasteiger partial charge in [0.25, 0.3) is 0 Å². The Hall–Kier alpha value is -0.400. The first-order valence-corrected chi connectivity index (χ1v) is 8.95. The van der Waals surface area contributed by atoms with Gasteiger partial charge in [0.05, 0.1) is 19.3 Å². The zero-order valence-corrected chi connectivity index (χ0v) is 14.1. The van der Waals surface area contributed by atoms with E-state index < -0.39 is 55.5 Å². The van der Waals surface area contributed by atoms with Crippen molar-refractivity contribution in [3.05, 3.63) is 0 Å². The Morgan fingerprint density at radius 2 is 1.81 bits per heavy atom. The molecule has 0 aromatic carbocycles. The first-order chi connectivity index (χ1) is 12.4. The van der Waals surface area contributed by atoms with E-state index in [4.69, 9.17) is 23.7 Å². The molecule has 0 amide bonds. The van der Waals surface area contributed by atoms with E-state index in [1.165, 1.54) is 0 Å². The normalized spacial score (nSPS) is 63.5. The lowest BCUT2D eigenvalue weighted by Crippen LogP contribution is -2.61. The van der Waals surface area contributed by atoms with Crippen molar-refractivity contribution in [2.75, 3.05) is 13.2 Å². The zero-order valence-electron chi connectivity index (χ0n) is 14.1. The second-order valence-electron chi connectivity index (χ2n) is 8.02. The van der Waals surface area contributed by atoms with Crippen LogP contribution >= 0.6 is 0 Å². The van der Waals surface area contributed by atoms with Crippen LogP contribution in [0, 0.1) is 17.8 Å². The summed E-state index contributed by atoms with van der Waals surface area (Å²) in [6.07, 6.45) is -9.14. The Balaban J connectivity index is 1.34. The molecule has 148 valence electrons. The Bertz CT molecular complexity index is 573. The first kappa shape index (κ1) is 17.7. The van der Waals surface area contributed by atoms with Gasteiger partial charge >= 0.3 is 0 Å². The molecule has 5 N–H and O–H groups in total. The van der Waals surface area contributed by atoms with Gasteiger partial charge in [-0.05, 0) is 6.92 Å². The van der Waals surface area contributed by atoms with Gasteiger partial charge in [-0.3, -0.25) is 0 Å². The van der Waals surface area contributed by atoms with Gasteiger partial charge in [0.2, 0.25) is 0 Å². The van der Waals surface area contributed by atoms with E-state index in [0.29, 0.717) is 6.61 Å². The molecule has 0 aromatic heterocycles. The maximum Gasteiger partial charge on any atom is 0.189 e. The van der Waals surface area contributed by atoms with Crippen molar-refractivity contribution >= 4 is 0 Å². The topological polar surface area (TPSA) is 151 Å². The number of ether oxygens (including phenoxy) is 5. The van der Waals surface area contributed by atoms with E-state index in [-0.39, 0.29) is 30.0 Å². The molecular weight excluding hydrogens is 352 g/mol. The van der Waals surface area contributed by atoms with Crippen LogP contribution in [0.25, 0.3) is 0 Å². The molecule has 26 heavy (non-hydrogen) atoms. The van der Waals surface area contributed by atoms with E-state index in [1.54, 1.807) is 0 Å². The minimum absolute atomic E-state index is 0.00242. The van der Waals surface area contributed by atoms with Crippen LogP contribution in [0.5, 0.6) is 0 Å². The summed E-state index contributed by atoms with van der Waals surface area (Å²) < 4.78 is 28.3. The predicted molar refractivity (Wildman–Crippen MR) is 79.2 cm³/mol. The van der Waals surface area contributed by atoms with Crippen molar-refractivity contribution < 1.29 is 49.2 Å². The molecule has 0 spiro atoms. The van der Waals surface area contributed by atoms with Gasteiger partial charge in [0.15, 0.2) is 18.9 Å². The maximum atomic E-state index is 10.5. The van der Waals surface area contributed by atoms with Gasteiger partial charge in [-0.2, -0.15) is 0 Å². The Labute approximate surface area is 149 Å². The summed E-state index contributed by atoms with van der Waals surface area (Å²) in [5, 5.41) is 49.7.